The van der Waals surface area contributed by atoms with Gasteiger partial charge in [0.2, 0.25) is 5.95 Å². The number of hydrogen-bond donors (Lipinski definition) is 2. The van der Waals surface area contributed by atoms with Gasteiger partial charge < -0.3 is 29.7 Å². The van der Waals surface area contributed by atoms with Gasteiger partial charge in [-0.3, -0.25) is 4.99 Å². The van der Waals surface area contributed by atoms with Gasteiger partial charge in [-0.15, -0.1) is 0 Å². The largest absolute Gasteiger partial charge is 0.486 e. The van der Waals surface area contributed by atoms with Gasteiger partial charge in [0.1, 0.15) is 6.61 Å². The van der Waals surface area contributed by atoms with E-state index < -0.39 is 0 Å². The molecule has 0 bridgehead atoms. The molecule has 1 saturated heterocycles. The van der Waals surface area contributed by atoms with Crippen LogP contribution in [0.2, 0.25) is 0 Å². The van der Waals surface area contributed by atoms with Crippen molar-refractivity contribution in [3.05, 3.63) is 42.3 Å². The van der Waals surface area contributed by atoms with Crippen LogP contribution in [0.3, 0.4) is 0 Å². The highest BCUT2D eigenvalue weighted by Crippen LogP contribution is 2.40. The molecule has 0 radical (unpaired) electrons. The number of nitrogens with one attached hydrogen (secondary N) is 2. The van der Waals surface area contributed by atoms with Gasteiger partial charge in [0, 0.05) is 50.5 Å². The maximum Gasteiger partial charge on any atom is 0.207 e. The molecule has 8 nitrogen and oxygen atoms in total. The Kier molecular flexibility index (Phi) is 6.34. The van der Waals surface area contributed by atoms with Crippen LogP contribution in [0.15, 0.2) is 41.5 Å². The van der Waals surface area contributed by atoms with Crippen LogP contribution in [0.4, 0.5) is 33.1 Å². The summed E-state index contributed by atoms with van der Waals surface area (Å²) in [6, 6.07) is 9.83. The molecule has 3 heterocycles. The first-order valence-corrected chi connectivity index (χ1v) is 12.0. The molecule has 184 valence electrons. The van der Waals surface area contributed by atoms with E-state index in [0.717, 1.165) is 66.7 Å². The predicted octanol–water partition coefficient (Wildman–Crippen LogP) is 4.32. The SMILES string of the molecule is C=Nc1cc(Nc2ncc(-c3cc(F)c4c(c3)N(C(C)C)CCO4)n2C)ccc1N1CCNCC1. The maximum atomic E-state index is 15.0. The minimum absolute atomic E-state index is 0.243. The average Bonchev–Trinajstić information content (AvgIpc) is 3.23. The van der Waals surface area contributed by atoms with Crippen LogP contribution in [0.25, 0.3) is 11.3 Å². The van der Waals surface area contributed by atoms with Gasteiger partial charge >= 0.3 is 0 Å². The molecule has 2 N–H and O–H groups in total. The Balaban J connectivity index is 1.43. The summed E-state index contributed by atoms with van der Waals surface area (Å²) in [5, 5.41) is 6.75. The summed E-state index contributed by atoms with van der Waals surface area (Å²) in [5.41, 5.74) is 5.11. The lowest BCUT2D eigenvalue weighted by atomic mass is 10.1. The third-order valence-corrected chi connectivity index (χ3v) is 6.68. The zero-order valence-electron chi connectivity index (χ0n) is 20.5. The Morgan fingerprint density at radius 2 is 1.94 bits per heavy atom. The van der Waals surface area contributed by atoms with E-state index in [1.54, 1.807) is 6.20 Å². The molecule has 1 fully saturated rings. The van der Waals surface area contributed by atoms with Crippen molar-refractivity contribution in [2.45, 2.75) is 19.9 Å². The predicted molar refractivity (Wildman–Crippen MR) is 141 cm³/mol. The molecule has 1 aromatic heterocycles. The molecule has 0 atom stereocenters. The molecular weight excluding hydrogens is 445 g/mol. The summed E-state index contributed by atoms with van der Waals surface area (Å²) >= 11 is 0. The molecule has 35 heavy (non-hydrogen) atoms. The molecule has 3 aromatic rings. The van der Waals surface area contributed by atoms with E-state index in [1.165, 1.54) is 6.07 Å². The third kappa shape index (κ3) is 4.43. The van der Waals surface area contributed by atoms with Gasteiger partial charge in [0.15, 0.2) is 11.6 Å². The molecular formula is C26H32FN7O. The number of ether oxygens (including phenoxy) is 1. The highest BCUT2D eigenvalue weighted by Gasteiger charge is 2.25. The van der Waals surface area contributed by atoms with Gasteiger partial charge in [0.25, 0.3) is 0 Å². The number of piperazine rings is 1. The van der Waals surface area contributed by atoms with Crippen molar-refractivity contribution < 1.29 is 9.13 Å². The Morgan fingerprint density at radius 3 is 2.69 bits per heavy atom. The van der Waals surface area contributed by atoms with Crippen LogP contribution < -0.4 is 25.2 Å². The number of nitrogens with zero attached hydrogens (tertiary/aromatic N) is 5. The number of benzene rings is 2. The van der Waals surface area contributed by atoms with E-state index >= 15 is 0 Å². The lowest BCUT2D eigenvalue weighted by Gasteiger charge is -2.34. The highest BCUT2D eigenvalue weighted by molar-refractivity contribution is 5.77. The van der Waals surface area contributed by atoms with Gasteiger partial charge in [-0.05, 0) is 50.9 Å². The van der Waals surface area contributed by atoms with Crippen molar-refractivity contribution in [3.63, 3.8) is 0 Å². The second-order valence-electron chi connectivity index (χ2n) is 9.19. The molecule has 2 aliphatic rings. The Hall–Kier alpha value is -3.59. The average molecular weight is 478 g/mol. The summed E-state index contributed by atoms with van der Waals surface area (Å²) in [6.07, 6.45) is 1.76. The number of halogens is 1. The normalized spacial score (nSPS) is 15.7. The standard InChI is InChI=1S/C26H32FN7O/c1-17(2)34-11-12-35-25-20(27)13-18(14-23(25)34)24-16-30-26(32(24)4)31-19-5-6-22(21(15-19)28-3)33-9-7-29-8-10-33/h5-6,13-17,29H,3,7-12H2,1-2,4H3,(H,30,31). The Labute approximate surface area is 205 Å². The zero-order valence-corrected chi connectivity index (χ0v) is 20.5. The molecule has 0 unspecified atom stereocenters. The van der Waals surface area contributed by atoms with Crippen molar-refractivity contribution in [3.8, 4) is 17.0 Å². The minimum atomic E-state index is -0.358. The van der Waals surface area contributed by atoms with Crippen LogP contribution in [-0.2, 0) is 7.05 Å². The van der Waals surface area contributed by atoms with E-state index in [0.29, 0.717) is 18.3 Å². The van der Waals surface area contributed by atoms with Crippen molar-refractivity contribution in [1.82, 2.24) is 14.9 Å². The number of anilines is 4. The summed E-state index contributed by atoms with van der Waals surface area (Å²) in [6.45, 7) is 13.0. The van der Waals surface area contributed by atoms with Crippen LogP contribution in [0, 0.1) is 5.82 Å². The minimum Gasteiger partial charge on any atom is -0.486 e. The first kappa shape index (κ1) is 23.2. The molecule has 0 aliphatic carbocycles. The first-order chi connectivity index (χ1) is 17.0. The smallest absolute Gasteiger partial charge is 0.207 e. The van der Waals surface area contributed by atoms with E-state index in [-0.39, 0.29) is 11.9 Å². The number of imidazole rings is 1. The topological polar surface area (TPSA) is 70.0 Å². The van der Waals surface area contributed by atoms with Crippen molar-refractivity contribution in [2.24, 2.45) is 12.0 Å². The zero-order chi connectivity index (χ0) is 24.5. The van der Waals surface area contributed by atoms with Gasteiger partial charge in [-0.1, -0.05) is 0 Å². The van der Waals surface area contributed by atoms with Crippen LogP contribution in [0.5, 0.6) is 5.75 Å². The Bertz CT molecular complexity index is 1230. The molecule has 2 aromatic carbocycles. The monoisotopic (exact) mass is 477 g/mol. The van der Waals surface area contributed by atoms with Crippen molar-refractivity contribution in [2.75, 3.05) is 54.4 Å². The van der Waals surface area contributed by atoms with Crippen LogP contribution in [0.1, 0.15) is 13.8 Å². The second-order valence-corrected chi connectivity index (χ2v) is 9.19. The molecule has 0 amide bonds. The number of hydrogen-bond acceptors (Lipinski definition) is 7. The quantitative estimate of drug-likeness (QED) is 0.516. The fourth-order valence-electron chi connectivity index (χ4n) is 4.81. The Morgan fingerprint density at radius 1 is 1.14 bits per heavy atom. The molecule has 9 heteroatoms. The van der Waals surface area contributed by atoms with Crippen molar-refractivity contribution >= 4 is 35.4 Å². The van der Waals surface area contributed by atoms with Crippen LogP contribution in [-0.4, -0.2) is 61.6 Å². The summed E-state index contributed by atoms with van der Waals surface area (Å²) < 4.78 is 22.6. The van der Waals surface area contributed by atoms with E-state index in [9.17, 15) is 4.39 Å². The fraction of sp³-hybridized carbons (Fsp3) is 0.385. The first-order valence-electron chi connectivity index (χ1n) is 12.0. The number of aliphatic imine (C=N–C) groups is 1. The van der Waals surface area contributed by atoms with Crippen molar-refractivity contribution in [1.29, 1.82) is 0 Å². The maximum absolute atomic E-state index is 15.0. The number of rotatable bonds is 6. The van der Waals surface area contributed by atoms with Gasteiger partial charge in [0.05, 0.1) is 35.5 Å². The van der Waals surface area contributed by atoms with E-state index in [4.69, 9.17) is 4.74 Å². The fourth-order valence-corrected chi connectivity index (χ4v) is 4.81. The molecule has 5 rings (SSSR count). The second kappa shape index (κ2) is 9.58. The highest BCUT2D eigenvalue weighted by atomic mass is 19.1. The summed E-state index contributed by atoms with van der Waals surface area (Å²) in [4.78, 5) is 13.3. The van der Waals surface area contributed by atoms with E-state index in [2.05, 4.69) is 57.0 Å². The number of aromatic nitrogens is 2. The lowest BCUT2D eigenvalue weighted by molar-refractivity contribution is 0.287. The molecule has 0 saturated carbocycles. The number of fused-ring (bicyclic) bond motifs is 1. The summed E-state index contributed by atoms with van der Waals surface area (Å²) in [7, 11) is 1.92. The molecule has 0 spiro atoms. The molecule has 2 aliphatic heterocycles. The lowest BCUT2D eigenvalue weighted by Crippen LogP contribution is -2.43. The van der Waals surface area contributed by atoms with Gasteiger partial charge in [-0.2, -0.15) is 0 Å². The van der Waals surface area contributed by atoms with Crippen LogP contribution >= 0.6 is 0 Å². The van der Waals surface area contributed by atoms with E-state index in [1.807, 2.05) is 29.8 Å². The third-order valence-electron chi connectivity index (χ3n) is 6.68. The summed E-state index contributed by atoms with van der Waals surface area (Å²) in [5.74, 6) is 0.618. The van der Waals surface area contributed by atoms with Gasteiger partial charge in [-0.25, -0.2) is 9.37 Å².